The maximum absolute atomic E-state index is 12.0. The van der Waals surface area contributed by atoms with E-state index in [2.05, 4.69) is 18.3 Å². The van der Waals surface area contributed by atoms with Crippen molar-refractivity contribution < 1.29 is 9.53 Å². The zero-order valence-electron chi connectivity index (χ0n) is 14.7. The number of rotatable bonds is 4. The van der Waals surface area contributed by atoms with E-state index < -0.39 is 5.60 Å². The summed E-state index contributed by atoms with van der Waals surface area (Å²) in [7, 11) is 0. The highest BCUT2D eigenvalue weighted by Crippen LogP contribution is 2.28. The lowest BCUT2D eigenvalue weighted by Gasteiger charge is -2.30. The van der Waals surface area contributed by atoms with E-state index in [4.69, 9.17) is 4.74 Å². The fourth-order valence-corrected chi connectivity index (χ4v) is 3.27. The maximum Gasteiger partial charge on any atom is 0.410 e. The molecule has 2 atom stereocenters. The monoisotopic (exact) mass is 308 g/mol. The van der Waals surface area contributed by atoms with Crippen molar-refractivity contribution in [2.24, 2.45) is 5.92 Å². The predicted octanol–water partition coefficient (Wildman–Crippen LogP) is 3.72. The summed E-state index contributed by atoms with van der Waals surface area (Å²) in [5.41, 5.74) is 1.01. The highest BCUT2D eigenvalue weighted by atomic mass is 16.6. The third kappa shape index (κ3) is 5.31. The van der Waals surface area contributed by atoms with Gasteiger partial charge in [-0.1, -0.05) is 25.0 Å². The van der Waals surface area contributed by atoms with Gasteiger partial charge in [-0.15, -0.1) is 0 Å². The molecule has 126 valence electrons. The van der Waals surface area contributed by atoms with E-state index in [1.165, 1.54) is 31.3 Å². The molecule has 2 aliphatic rings. The van der Waals surface area contributed by atoms with Gasteiger partial charge >= 0.3 is 6.09 Å². The number of carbonyl (C=O) groups excluding carboxylic acids is 1. The van der Waals surface area contributed by atoms with Crippen LogP contribution in [0.25, 0.3) is 0 Å². The van der Waals surface area contributed by atoms with Crippen molar-refractivity contribution in [2.75, 3.05) is 19.6 Å². The smallest absolute Gasteiger partial charge is 0.410 e. The van der Waals surface area contributed by atoms with Gasteiger partial charge in [0.1, 0.15) is 5.60 Å². The first-order chi connectivity index (χ1) is 10.4. The number of nitrogens with zero attached hydrogens (tertiary/aromatic N) is 1. The minimum absolute atomic E-state index is 0.197. The number of hydrogen-bond acceptors (Lipinski definition) is 3. The Morgan fingerprint density at radius 3 is 2.73 bits per heavy atom. The van der Waals surface area contributed by atoms with Gasteiger partial charge in [0, 0.05) is 25.7 Å². The van der Waals surface area contributed by atoms with Gasteiger partial charge in [-0.25, -0.2) is 4.79 Å². The van der Waals surface area contributed by atoms with Crippen LogP contribution >= 0.6 is 0 Å². The fourth-order valence-electron chi connectivity index (χ4n) is 3.27. The van der Waals surface area contributed by atoms with E-state index in [9.17, 15) is 4.79 Å². The van der Waals surface area contributed by atoms with Crippen molar-refractivity contribution in [2.45, 2.75) is 71.4 Å². The molecule has 22 heavy (non-hydrogen) atoms. The van der Waals surface area contributed by atoms with E-state index in [0.29, 0.717) is 12.6 Å². The molecule has 1 heterocycles. The lowest BCUT2D eigenvalue weighted by atomic mass is 10.1. The molecule has 1 saturated carbocycles. The zero-order chi connectivity index (χ0) is 16.2. The molecule has 2 unspecified atom stereocenters. The summed E-state index contributed by atoms with van der Waals surface area (Å²) < 4.78 is 5.42. The Kier molecular flexibility index (Phi) is 5.90. The van der Waals surface area contributed by atoms with Crippen LogP contribution in [0.1, 0.15) is 59.8 Å². The SMILES string of the molecule is CCC1CCC(NCC2=CCN(C(=O)OC(C)(C)C)CC2)C1. The number of hydrogen-bond donors (Lipinski definition) is 1. The summed E-state index contributed by atoms with van der Waals surface area (Å²) in [6.07, 6.45) is 8.27. The van der Waals surface area contributed by atoms with Crippen LogP contribution in [0.3, 0.4) is 0 Å². The Bertz CT molecular complexity index is 412. The predicted molar refractivity (Wildman–Crippen MR) is 89.9 cm³/mol. The second kappa shape index (κ2) is 7.49. The highest BCUT2D eigenvalue weighted by Gasteiger charge is 2.25. The molecule has 4 heteroatoms. The second-order valence-corrected chi connectivity index (χ2v) is 7.70. The van der Waals surface area contributed by atoms with Crippen molar-refractivity contribution in [3.63, 3.8) is 0 Å². The van der Waals surface area contributed by atoms with Crippen molar-refractivity contribution >= 4 is 6.09 Å². The first-order valence-corrected chi connectivity index (χ1v) is 8.76. The zero-order valence-corrected chi connectivity index (χ0v) is 14.7. The minimum atomic E-state index is -0.416. The van der Waals surface area contributed by atoms with Gasteiger partial charge in [0.05, 0.1) is 0 Å². The Hall–Kier alpha value is -1.03. The molecule has 1 aliphatic carbocycles. The summed E-state index contributed by atoms with van der Waals surface area (Å²) in [5.74, 6) is 0.917. The van der Waals surface area contributed by atoms with Crippen LogP contribution in [-0.2, 0) is 4.74 Å². The largest absolute Gasteiger partial charge is 0.444 e. The van der Waals surface area contributed by atoms with E-state index >= 15 is 0 Å². The van der Waals surface area contributed by atoms with Crippen LogP contribution < -0.4 is 5.32 Å². The van der Waals surface area contributed by atoms with E-state index in [0.717, 1.165) is 25.4 Å². The van der Waals surface area contributed by atoms with Crippen molar-refractivity contribution in [3.8, 4) is 0 Å². The highest BCUT2D eigenvalue weighted by molar-refractivity contribution is 5.68. The van der Waals surface area contributed by atoms with E-state index in [-0.39, 0.29) is 6.09 Å². The van der Waals surface area contributed by atoms with Crippen molar-refractivity contribution in [3.05, 3.63) is 11.6 Å². The number of nitrogens with one attached hydrogen (secondary N) is 1. The first-order valence-electron chi connectivity index (χ1n) is 8.76. The fraction of sp³-hybridized carbons (Fsp3) is 0.833. The van der Waals surface area contributed by atoms with Gasteiger partial charge in [0.2, 0.25) is 0 Å². The molecule has 0 saturated heterocycles. The van der Waals surface area contributed by atoms with Crippen LogP contribution in [0.5, 0.6) is 0 Å². The molecule has 1 N–H and O–H groups in total. The normalized spacial score (nSPS) is 26.0. The van der Waals surface area contributed by atoms with Crippen LogP contribution in [0.15, 0.2) is 11.6 Å². The van der Waals surface area contributed by atoms with Crippen LogP contribution in [0, 0.1) is 5.92 Å². The Morgan fingerprint density at radius 1 is 1.41 bits per heavy atom. The van der Waals surface area contributed by atoms with E-state index in [1.54, 1.807) is 4.90 Å². The molecule has 1 aliphatic heterocycles. The Labute approximate surface area is 135 Å². The van der Waals surface area contributed by atoms with Gasteiger partial charge < -0.3 is 15.0 Å². The molecule has 0 aromatic rings. The minimum Gasteiger partial charge on any atom is -0.444 e. The summed E-state index contributed by atoms with van der Waals surface area (Å²) in [5, 5.41) is 3.69. The third-order valence-corrected chi connectivity index (χ3v) is 4.69. The molecular weight excluding hydrogens is 276 g/mol. The molecule has 0 aromatic carbocycles. The topological polar surface area (TPSA) is 41.6 Å². The Morgan fingerprint density at radius 2 is 2.18 bits per heavy atom. The molecule has 0 aromatic heterocycles. The van der Waals surface area contributed by atoms with Crippen molar-refractivity contribution in [1.29, 1.82) is 0 Å². The molecular formula is C18H32N2O2. The molecule has 1 amide bonds. The van der Waals surface area contributed by atoms with Crippen molar-refractivity contribution in [1.82, 2.24) is 10.2 Å². The molecule has 0 spiro atoms. The summed E-state index contributed by atoms with van der Waals surface area (Å²) in [6.45, 7) is 10.4. The average molecular weight is 308 g/mol. The van der Waals surface area contributed by atoms with Gasteiger partial charge in [0.15, 0.2) is 0 Å². The second-order valence-electron chi connectivity index (χ2n) is 7.70. The van der Waals surface area contributed by atoms with Crippen LogP contribution in [0.2, 0.25) is 0 Å². The summed E-state index contributed by atoms with van der Waals surface area (Å²) in [4.78, 5) is 13.8. The maximum atomic E-state index is 12.0. The summed E-state index contributed by atoms with van der Waals surface area (Å²) >= 11 is 0. The third-order valence-electron chi connectivity index (χ3n) is 4.69. The van der Waals surface area contributed by atoms with Gasteiger partial charge in [-0.3, -0.25) is 0 Å². The molecule has 2 rings (SSSR count). The van der Waals surface area contributed by atoms with Gasteiger partial charge in [-0.05, 0) is 52.4 Å². The number of carbonyl (C=O) groups is 1. The van der Waals surface area contributed by atoms with Gasteiger partial charge in [-0.2, -0.15) is 0 Å². The molecule has 4 nitrogen and oxygen atoms in total. The number of amides is 1. The summed E-state index contributed by atoms with van der Waals surface area (Å²) in [6, 6.07) is 0.690. The average Bonchev–Trinajstić information content (AvgIpc) is 2.92. The molecule has 0 bridgehead atoms. The van der Waals surface area contributed by atoms with E-state index in [1.807, 2.05) is 20.8 Å². The Balaban J connectivity index is 1.71. The lowest BCUT2D eigenvalue weighted by Crippen LogP contribution is -2.40. The van der Waals surface area contributed by atoms with Gasteiger partial charge in [0.25, 0.3) is 0 Å². The lowest BCUT2D eigenvalue weighted by molar-refractivity contribution is 0.0265. The molecule has 1 fully saturated rings. The molecule has 0 radical (unpaired) electrons. The quantitative estimate of drug-likeness (QED) is 0.805. The number of ether oxygens (including phenoxy) is 1. The van der Waals surface area contributed by atoms with Crippen LogP contribution in [-0.4, -0.2) is 42.3 Å². The first kappa shape index (κ1) is 17.3. The van der Waals surface area contributed by atoms with Crippen LogP contribution in [0.4, 0.5) is 4.79 Å². The standard InChI is InChI=1S/C18H32N2O2/c1-5-14-6-7-16(12-14)19-13-15-8-10-20(11-9-15)17(21)22-18(2,3)4/h8,14,16,19H,5-7,9-13H2,1-4H3.